The number of benzene rings is 1. The number of anilines is 1. The van der Waals surface area contributed by atoms with Crippen LogP contribution < -0.4 is 4.90 Å². The molecule has 1 aliphatic heterocycles. The van der Waals surface area contributed by atoms with E-state index in [1.165, 1.54) is 0 Å². The van der Waals surface area contributed by atoms with Crippen LogP contribution in [-0.2, 0) is 0 Å². The summed E-state index contributed by atoms with van der Waals surface area (Å²) < 4.78 is 1.77. The lowest BCUT2D eigenvalue weighted by molar-refractivity contribution is 0.0741. The van der Waals surface area contributed by atoms with Gasteiger partial charge in [-0.1, -0.05) is 11.6 Å². The van der Waals surface area contributed by atoms with Gasteiger partial charge in [0.2, 0.25) is 0 Å². The molecule has 0 saturated carbocycles. The molecule has 0 unspecified atom stereocenters. The molecule has 1 saturated heterocycles. The fourth-order valence-corrected chi connectivity index (χ4v) is 3.47. The third kappa shape index (κ3) is 3.53. The van der Waals surface area contributed by atoms with Crippen LogP contribution in [0.25, 0.3) is 5.65 Å². The van der Waals surface area contributed by atoms with Crippen LogP contribution in [0.1, 0.15) is 27.8 Å². The predicted octanol–water partition coefficient (Wildman–Crippen LogP) is 3.15. The van der Waals surface area contributed by atoms with E-state index in [0.717, 1.165) is 18.8 Å². The molecular formula is C20H19ClN4O2. The van der Waals surface area contributed by atoms with E-state index in [4.69, 9.17) is 11.6 Å². The summed E-state index contributed by atoms with van der Waals surface area (Å²) in [6.07, 6.45) is 3.46. The topological polar surface area (TPSA) is 57.9 Å². The number of amides is 1. The van der Waals surface area contributed by atoms with E-state index in [-0.39, 0.29) is 11.7 Å². The van der Waals surface area contributed by atoms with Gasteiger partial charge in [-0.25, -0.2) is 4.98 Å². The smallest absolute Gasteiger partial charge is 0.274 e. The van der Waals surface area contributed by atoms with E-state index in [0.29, 0.717) is 35.0 Å². The standard InChI is InChI=1S/C20H19ClN4O2/c1-14(26)15-2-5-17(6-3-15)23-8-10-24(11-9-23)20(27)18-13-25-12-16(21)4-7-19(25)22-18/h2-7,12-13H,8-11H2,1H3. The van der Waals surface area contributed by atoms with E-state index < -0.39 is 0 Å². The largest absolute Gasteiger partial charge is 0.368 e. The first-order valence-electron chi connectivity index (χ1n) is 8.81. The third-order valence-corrected chi connectivity index (χ3v) is 5.06. The van der Waals surface area contributed by atoms with Gasteiger partial charge in [-0.2, -0.15) is 0 Å². The van der Waals surface area contributed by atoms with E-state index >= 15 is 0 Å². The number of hydrogen-bond donors (Lipinski definition) is 0. The zero-order chi connectivity index (χ0) is 19.0. The van der Waals surface area contributed by atoms with Gasteiger partial charge in [0, 0.05) is 49.8 Å². The zero-order valence-corrected chi connectivity index (χ0v) is 15.7. The van der Waals surface area contributed by atoms with Crippen molar-refractivity contribution >= 4 is 34.6 Å². The molecule has 3 heterocycles. The summed E-state index contributed by atoms with van der Waals surface area (Å²) in [4.78, 5) is 32.6. The lowest BCUT2D eigenvalue weighted by Gasteiger charge is -2.35. The van der Waals surface area contributed by atoms with Crippen molar-refractivity contribution in [1.82, 2.24) is 14.3 Å². The van der Waals surface area contributed by atoms with Gasteiger partial charge in [0.15, 0.2) is 5.78 Å². The summed E-state index contributed by atoms with van der Waals surface area (Å²) in [5.74, 6) is -0.00731. The highest BCUT2D eigenvalue weighted by atomic mass is 35.5. The Hall–Kier alpha value is -2.86. The van der Waals surface area contributed by atoms with Crippen molar-refractivity contribution in [3.63, 3.8) is 0 Å². The zero-order valence-electron chi connectivity index (χ0n) is 14.9. The maximum Gasteiger partial charge on any atom is 0.274 e. The molecule has 138 valence electrons. The molecule has 0 N–H and O–H groups in total. The molecule has 7 heteroatoms. The number of aromatic nitrogens is 2. The molecule has 0 bridgehead atoms. The average Bonchev–Trinajstić information content (AvgIpc) is 3.11. The maximum atomic E-state index is 12.8. The summed E-state index contributed by atoms with van der Waals surface area (Å²) in [5, 5.41) is 0.600. The quantitative estimate of drug-likeness (QED) is 0.653. The predicted molar refractivity (Wildman–Crippen MR) is 105 cm³/mol. The van der Waals surface area contributed by atoms with Gasteiger partial charge in [-0.3, -0.25) is 9.59 Å². The number of pyridine rings is 1. The summed E-state index contributed by atoms with van der Waals surface area (Å²) in [5.41, 5.74) is 2.90. The van der Waals surface area contributed by atoms with Gasteiger partial charge >= 0.3 is 0 Å². The van der Waals surface area contributed by atoms with Gasteiger partial charge in [0.25, 0.3) is 5.91 Å². The molecule has 1 aromatic carbocycles. The number of halogens is 1. The molecule has 0 radical (unpaired) electrons. The van der Waals surface area contributed by atoms with Crippen molar-refractivity contribution in [2.24, 2.45) is 0 Å². The lowest BCUT2D eigenvalue weighted by Crippen LogP contribution is -2.48. The molecule has 0 spiro atoms. The third-order valence-electron chi connectivity index (χ3n) is 4.84. The first-order valence-corrected chi connectivity index (χ1v) is 9.18. The number of fused-ring (bicyclic) bond motifs is 1. The van der Waals surface area contributed by atoms with Crippen LogP contribution in [0.3, 0.4) is 0 Å². The number of rotatable bonds is 3. The van der Waals surface area contributed by atoms with E-state index in [2.05, 4.69) is 9.88 Å². The van der Waals surface area contributed by atoms with Crippen molar-refractivity contribution < 1.29 is 9.59 Å². The number of imidazole rings is 1. The second-order valence-corrected chi connectivity index (χ2v) is 7.06. The van der Waals surface area contributed by atoms with E-state index in [9.17, 15) is 9.59 Å². The highest BCUT2D eigenvalue weighted by Crippen LogP contribution is 2.19. The SMILES string of the molecule is CC(=O)c1ccc(N2CCN(C(=O)c3cn4cc(Cl)ccc4n3)CC2)cc1. The minimum atomic E-state index is -0.0681. The first kappa shape index (κ1) is 17.5. The van der Waals surface area contributed by atoms with Crippen molar-refractivity contribution in [3.8, 4) is 0 Å². The van der Waals surface area contributed by atoms with Crippen LogP contribution in [-0.4, -0.2) is 52.2 Å². The minimum absolute atomic E-state index is 0.0608. The molecular weight excluding hydrogens is 364 g/mol. The summed E-state index contributed by atoms with van der Waals surface area (Å²) in [7, 11) is 0. The van der Waals surface area contributed by atoms with Crippen LogP contribution >= 0.6 is 11.6 Å². The first-order chi connectivity index (χ1) is 13.0. The number of carbonyl (C=O) groups excluding carboxylic acids is 2. The van der Waals surface area contributed by atoms with E-state index in [1.807, 2.05) is 29.2 Å². The van der Waals surface area contributed by atoms with Gasteiger partial charge in [-0.05, 0) is 43.3 Å². The number of piperazine rings is 1. The monoisotopic (exact) mass is 382 g/mol. The molecule has 0 atom stereocenters. The second-order valence-electron chi connectivity index (χ2n) is 6.62. The van der Waals surface area contributed by atoms with Crippen LogP contribution in [0.2, 0.25) is 5.02 Å². The number of ketones is 1. The number of hydrogen-bond acceptors (Lipinski definition) is 4. The minimum Gasteiger partial charge on any atom is -0.368 e. The molecule has 4 rings (SSSR count). The van der Waals surface area contributed by atoms with Crippen LogP contribution in [0.4, 0.5) is 5.69 Å². The number of Topliss-reactive ketones (excluding diaryl/α,β-unsaturated/α-hetero) is 1. The van der Waals surface area contributed by atoms with Crippen molar-refractivity contribution in [3.05, 3.63) is 65.1 Å². The number of carbonyl (C=O) groups is 2. The number of nitrogens with zero attached hydrogens (tertiary/aromatic N) is 4. The van der Waals surface area contributed by atoms with Gasteiger partial charge in [0.05, 0.1) is 5.02 Å². The lowest BCUT2D eigenvalue weighted by atomic mass is 10.1. The van der Waals surface area contributed by atoms with Gasteiger partial charge in [-0.15, -0.1) is 0 Å². The fraction of sp³-hybridized carbons (Fsp3) is 0.250. The summed E-state index contributed by atoms with van der Waals surface area (Å²) in [6.45, 7) is 4.30. The molecule has 27 heavy (non-hydrogen) atoms. The second kappa shape index (κ2) is 7.04. The van der Waals surface area contributed by atoms with Crippen molar-refractivity contribution in [1.29, 1.82) is 0 Å². The average molecular weight is 383 g/mol. The molecule has 2 aromatic heterocycles. The Morgan fingerprint density at radius 3 is 2.33 bits per heavy atom. The highest BCUT2D eigenvalue weighted by molar-refractivity contribution is 6.30. The van der Waals surface area contributed by atoms with Crippen LogP contribution in [0.5, 0.6) is 0 Å². The normalized spacial score (nSPS) is 14.6. The Morgan fingerprint density at radius 2 is 1.67 bits per heavy atom. The Morgan fingerprint density at radius 1 is 0.963 bits per heavy atom. The van der Waals surface area contributed by atoms with Crippen LogP contribution in [0, 0.1) is 0 Å². The molecule has 1 aliphatic rings. The molecule has 1 amide bonds. The van der Waals surface area contributed by atoms with Gasteiger partial charge < -0.3 is 14.2 Å². The van der Waals surface area contributed by atoms with Gasteiger partial charge in [0.1, 0.15) is 11.3 Å². The molecule has 0 aliphatic carbocycles. The summed E-state index contributed by atoms with van der Waals surface area (Å²) in [6, 6.07) is 11.2. The van der Waals surface area contributed by atoms with Crippen molar-refractivity contribution in [2.75, 3.05) is 31.1 Å². The maximum absolute atomic E-state index is 12.8. The fourth-order valence-electron chi connectivity index (χ4n) is 3.30. The van der Waals surface area contributed by atoms with Crippen LogP contribution in [0.15, 0.2) is 48.8 Å². The molecule has 6 nitrogen and oxygen atoms in total. The Kier molecular flexibility index (Phi) is 4.58. The van der Waals surface area contributed by atoms with Crippen molar-refractivity contribution in [2.45, 2.75) is 6.92 Å². The Balaban J connectivity index is 1.43. The highest BCUT2D eigenvalue weighted by Gasteiger charge is 2.24. The Bertz CT molecular complexity index is 1000. The summed E-state index contributed by atoms with van der Waals surface area (Å²) >= 11 is 5.99. The Labute approximate surface area is 162 Å². The molecule has 1 fully saturated rings. The van der Waals surface area contributed by atoms with E-state index in [1.54, 1.807) is 35.9 Å². The molecule has 3 aromatic rings.